The zero-order valence-electron chi connectivity index (χ0n) is 50.6. The summed E-state index contributed by atoms with van der Waals surface area (Å²) in [7, 11) is 0. The second-order valence-corrected chi connectivity index (χ2v) is 26.1. The summed E-state index contributed by atoms with van der Waals surface area (Å²) in [5.41, 5.74) is 10.4. The van der Waals surface area contributed by atoms with E-state index in [2.05, 4.69) is 176 Å². The van der Waals surface area contributed by atoms with Gasteiger partial charge in [-0.05, 0) is 122 Å². The van der Waals surface area contributed by atoms with Gasteiger partial charge in [-0.15, -0.1) is 0 Å². The molecule has 0 amide bonds. The molecule has 0 spiro atoms. The van der Waals surface area contributed by atoms with Crippen molar-refractivity contribution in [2.75, 3.05) is 65.4 Å². The van der Waals surface area contributed by atoms with Crippen LogP contribution in [0.3, 0.4) is 0 Å². The van der Waals surface area contributed by atoms with E-state index in [-0.39, 0.29) is 23.9 Å². The number of aryl methyl sites for hydroxylation is 2. The minimum Gasteiger partial charge on any atom is -0.480 e. The Morgan fingerprint density at radius 1 is 0.464 bits per heavy atom. The molecule has 4 aliphatic heterocycles. The van der Waals surface area contributed by atoms with Crippen molar-refractivity contribution in [2.24, 2.45) is 23.7 Å². The van der Waals surface area contributed by atoms with Crippen LogP contribution >= 0.6 is 0 Å². The molecule has 6 aromatic rings. The lowest BCUT2D eigenvalue weighted by molar-refractivity contribution is -0.146. The molecule has 6 fully saturated rings. The van der Waals surface area contributed by atoms with Crippen molar-refractivity contribution in [1.29, 1.82) is 0 Å². The maximum Gasteiger partial charge on any atom is 0.321 e. The van der Waals surface area contributed by atoms with Crippen molar-refractivity contribution < 1.29 is 19.8 Å². The molecule has 2 aromatic heterocycles. The Bertz CT molecular complexity index is 2960. The Balaban J connectivity index is 0.000000175. The molecule has 4 aromatic carbocycles. The molecule has 4 saturated heterocycles. The van der Waals surface area contributed by atoms with Gasteiger partial charge in [0.15, 0.2) is 0 Å². The van der Waals surface area contributed by atoms with E-state index in [0.717, 1.165) is 142 Å². The maximum absolute atomic E-state index is 12.6. The van der Waals surface area contributed by atoms with Crippen LogP contribution < -0.4 is 0 Å². The number of likely N-dealkylation sites (tertiary alicyclic amines) is 4. The van der Waals surface area contributed by atoms with E-state index < -0.39 is 11.9 Å². The lowest BCUT2D eigenvalue weighted by Gasteiger charge is -2.36. The van der Waals surface area contributed by atoms with Gasteiger partial charge in [-0.25, -0.2) is 0 Å². The first-order chi connectivity index (χ1) is 41.2. The maximum atomic E-state index is 12.6. The third-order valence-electron chi connectivity index (χ3n) is 20.6. The van der Waals surface area contributed by atoms with Gasteiger partial charge in [-0.3, -0.25) is 28.8 Å². The van der Waals surface area contributed by atoms with Gasteiger partial charge in [0.2, 0.25) is 0 Å². The Kier molecular flexibility index (Phi) is 20.6. The van der Waals surface area contributed by atoms with E-state index in [1.165, 1.54) is 83.6 Å². The summed E-state index contributed by atoms with van der Waals surface area (Å²) in [5.74, 6) is 0.991. The second kappa shape index (κ2) is 29.0. The molecule has 6 heterocycles. The van der Waals surface area contributed by atoms with E-state index in [9.17, 15) is 19.8 Å². The molecule has 6 aliphatic rings. The molecule has 0 unspecified atom stereocenters. The Labute approximate surface area is 501 Å². The van der Waals surface area contributed by atoms with Gasteiger partial charge in [-0.2, -0.15) is 10.2 Å². The van der Waals surface area contributed by atoms with Gasteiger partial charge in [0.25, 0.3) is 0 Å². The molecule has 448 valence electrons. The first kappa shape index (κ1) is 59.8. The van der Waals surface area contributed by atoms with Gasteiger partial charge in [-0.1, -0.05) is 174 Å². The second-order valence-electron chi connectivity index (χ2n) is 26.1. The van der Waals surface area contributed by atoms with Crippen LogP contribution in [0.15, 0.2) is 133 Å². The van der Waals surface area contributed by atoms with Gasteiger partial charge in [0, 0.05) is 102 Å². The molecule has 12 rings (SSSR count). The monoisotopic (exact) mass is 1140 g/mol. The molecule has 2 aliphatic carbocycles. The number of carbonyl (C=O) groups is 2. The van der Waals surface area contributed by atoms with Gasteiger partial charge < -0.3 is 20.0 Å². The van der Waals surface area contributed by atoms with Crippen molar-refractivity contribution in [3.05, 3.63) is 178 Å². The molecule has 0 radical (unpaired) electrons. The average molecular weight is 1140 g/mol. The average Bonchev–Trinajstić information content (AvgIpc) is 4.41. The summed E-state index contributed by atoms with van der Waals surface area (Å²) in [6.45, 7) is 14.3. The van der Waals surface area contributed by atoms with Gasteiger partial charge >= 0.3 is 11.9 Å². The predicted octanol–water partition coefficient (Wildman–Crippen LogP) is 12.8. The third kappa shape index (κ3) is 14.8. The number of nitrogens with zero attached hydrogens (tertiary/aromatic N) is 8. The number of carboxylic acid groups (broad SMARTS) is 2. The lowest BCUT2D eigenvalue weighted by Crippen LogP contribution is -2.46. The molecule has 12 nitrogen and oxygen atoms in total. The van der Waals surface area contributed by atoms with Crippen LogP contribution in [0.5, 0.6) is 0 Å². The fraction of sp³-hybridized carbons (Fsp3) is 0.556. The van der Waals surface area contributed by atoms with E-state index in [1.54, 1.807) is 0 Å². The Morgan fingerprint density at radius 3 is 1.27 bits per heavy atom. The molecule has 12 heteroatoms. The number of hydrogen-bond acceptors (Lipinski definition) is 8. The Morgan fingerprint density at radius 2 is 0.857 bits per heavy atom. The molecule has 0 bridgehead atoms. The van der Waals surface area contributed by atoms with Crippen LogP contribution in [0, 0.1) is 23.7 Å². The molecule has 6 atom stereocenters. The largest absolute Gasteiger partial charge is 0.480 e. The number of piperidine rings is 2. The summed E-state index contributed by atoms with van der Waals surface area (Å²) >= 11 is 0. The topological polar surface area (TPSA) is 123 Å². The highest BCUT2D eigenvalue weighted by molar-refractivity contribution is 5.74. The minimum absolute atomic E-state index is 0.286. The van der Waals surface area contributed by atoms with Crippen molar-refractivity contribution in [2.45, 2.75) is 165 Å². The summed E-state index contributed by atoms with van der Waals surface area (Å²) in [4.78, 5) is 35.2. The highest BCUT2D eigenvalue weighted by Crippen LogP contribution is 2.41. The molecule has 2 saturated carbocycles. The van der Waals surface area contributed by atoms with Crippen molar-refractivity contribution in [1.82, 2.24) is 39.2 Å². The highest BCUT2D eigenvalue weighted by atomic mass is 16.4. The quantitative estimate of drug-likeness (QED) is 0.0764. The van der Waals surface area contributed by atoms with E-state index >= 15 is 0 Å². The van der Waals surface area contributed by atoms with Crippen LogP contribution in [-0.2, 0) is 35.3 Å². The van der Waals surface area contributed by atoms with Crippen LogP contribution in [0.1, 0.15) is 173 Å². The van der Waals surface area contributed by atoms with E-state index in [4.69, 9.17) is 10.2 Å². The minimum atomic E-state index is -0.618. The molecule has 84 heavy (non-hydrogen) atoms. The number of carboxylic acids is 2. The molecular weight excluding hydrogens is 1040 g/mol. The molecular formula is C72H96N8O4. The fourth-order valence-electron chi connectivity index (χ4n) is 16.2. The Hall–Kier alpha value is -5.92. The van der Waals surface area contributed by atoms with E-state index in [1.807, 2.05) is 0 Å². The normalized spacial score (nSPS) is 23.7. The first-order valence-corrected chi connectivity index (χ1v) is 32.9. The van der Waals surface area contributed by atoms with Gasteiger partial charge in [0.1, 0.15) is 12.1 Å². The standard InChI is InChI=1S/2C36H48N4O2/c1-2-32-23-31(22-27-12-6-3-7-13-27)37-40(32)33-18-20-38(21-19-33)24-30-25-39(26-34(30)28-14-8-4-9-15-28)35(36(41)42)29-16-10-5-11-17-29;1-2-31-23-33(22-27-12-6-3-7-13-27)40(37-31)32-18-20-38(21-19-32)24-30-25-39(26-34(30)28-14-8-4-9-15-28)35(36(41)42)29-16-10-5-11-17-29/h3-4,6-9,12-15,23,29-30,33-35H,2,5,10-11,16-22,24-26H2,1H3,(H,41,42);3-4,6-9,12-15,23,29-30,32,34-35H,2,5,10-11,16-22,24-26H2,1H3,(H,41,42)/t2*30-,34+,35+/m00/s1. The third-order valence-corrected chi connectivity index (χ3v) is 20.6. The number of aliphatic carboxylic acids is 2. The predicted molar refractivity (Wildman–Crippen MR) is 336 cm³/mol. The SMILES string of the molecule is CCc1cc(Cc2ccccc2)n(C2CCN(C[C@H]3CN([C@@H](C(=O)O)C4CCCCC4)C[C@@H]3c3ccccc3)CC2)n1.CCc1cc(Cc2ccccc2)nn1C1CCN(C[C@H]2CN([C@@H](C(=O)O)C3CCCCC3)C[C@@H]2c2ccccc2)CC1. The summed E-state index contributed by atoms with van der Waals surface area (Å²) in [5, 5.41) is 30.9. The zero-order valence-corrected chi connectivity index (χ0v) is 50.6. The van der Waals surface area contributed by atoms with Crippen LogP contribution in [-0.4, -0.2) is 139 Å². The molecule has 2 N–H and O–H groups in total. The first-order valence-electron chi connectivity index (χ1n) is 32.9. The number of hydrogen-bond donors (Lipinski definition) is 2. The van der Waals surface area contributed by atoms with Crippen LogP contribution in [0.25, 0.3) is 0 Å². The van der Waals surface area contributed by atoms with Crippen molar-refractivity contribution in [3.8, 4) is 0 Å². The zero-order chi connectivity index (χ0) is 57.8. The van der Waals surface area contributed by atoms with Crippen LogP contribution in [0.2, 0.25) is 0 Å². The summed E-state index contributed by atoms with van der Waals surface area (Å²) in [6.07, 6.45) is 19.7. The smallest absolute Gasteiger partial charge is 0.321 e. The van der Waals surface area contributed by atoms with E-state index in [0.29, 0.717) is 35.8 Å². The van der Waals surface area contributed by atoms with Crippen LogP contribution in [0.4, 0.5) is 0 Å². The van der Waals surface area contributed by atoms with Gasteiger partial charge in [0.05, 0.1) is 23.5 Å². The number of rotatable bonds is 20. The summed E-state index contributed by atoms with van der Waals surface area (Å²) in [6, 6.07) is 47.9. The van der Waals surface area contributed by atoms with Crippen molar-refractivity contribution >= 4 is 11.9 Å². The lowest BCUT2D eigenvalue weighted by atomic mass is 9.83. The fourth-order valence-corrected chi connectivity index (χ4v) is 16.2. The van der Waals surface area contributed by atoms with Crippen molar-refractivity contribution in [3.63, 3.8) is 0 Å². The summed E-state index contributed by atoms with van der Waals surface area (Å²) < 4.78 is 4.68. The highest BCUT2D eigenvalue weighted by Gasteiger charge is 2.45. The number of benzene rings is 4. The number of aromatic nitrogens is 4.